The van der Waals surface area contributed by atoms with Gasteiger partial charge in [-0.3, -0.25) is 14.1 Å². The molecule has 11 heteroatoms. The Hall–Kier alpha value is -3.12. The molecular formula is C23H21NO8S2. The average Bonchev–Trinajstić information content (AvgIpc) is 3.01. The monoisotopic (exact) mass is 503 g/mol. The van der Waals surface area contributed by atoms with E-state index in [1.54, 1.807) is 30.3 Å². The van der Waals surface area contributed by atoms with Crippen LogP contribution in [0.15, 0.2) is 63.3 Å². The van der Waals surface area contributed by atoms with Gasteiger partial charge in [-0.2, -0.15) is 16.8 Å². The van der Waals surface area contributed by atoms with Gasteiger partial charge < -0.3 is 4.74 Å². The van der Waals surface area contributed by atoms with Gasteiger partial charge in [-0.05, 0) is 67.1 Å². The highest BCUT2D eigenvalue weighted by atomic mass is 32.2. The number of ether oxygens (including phenoxy) is 1. The molecule has 1 heterocycles. The first-order valence-electron chi connectivity index (χ1n) is 10.0. The zero-order chi connectivity index (χ0) is 25.1. The largest absolute Gasteiger partial charge is 0.465 e. The van der Waals surface area contributed by atoms with Gasteiger partial charge in [0.05, 0.1) is 23.3 Å². The first kappa shape index (κ1) is 24.0. The van der Waals surface area contributed by atoms with Crippen LogP contribution in [-0.2, 0) is 36.8 Å². The molecule has 1 aliphatic heterocycles. The fourth-order valence-corrected chi connectivity index (χ4v) is 5.73. The number of fused-ring (bicyclic) bond motifs is 3. The van der Waals surface area contributed by atoms with Crippen molar-refractivity contribution in [3.8, 4) is 0 Å². The van der Waals surface area contributed by atoms with Crippen LogP contribution in [0.1, 0.15) is 35.3 Å². The number of carbonyl (C=O) groups is 1. The molecule has 0 saturated heterocycles. The predicted molar refractivity (Wildman–Crippen MR) is 125 cm³/mol. The summed E-state index contributed by atoms with van der Waals surface area (Å²) in [6.45, 7) is 3.70. The van der Waals surface area contributed by atoms with E-state index in [9.17, 15) is 30.7 Å². The van der Waals surface area contributed by atoms with Gasteiger partial charge in [0.15, 0.2) is 0 Å². The standard InChI is InChI=1S/C23H21NO8S2/c1-13-23(2,12-14-4-6-15(7-5-14)22(25)32-3)21-18-10-16(33(26,27)28)11-20(34(29,30)31)17(18)8-9-19(21)24-13/h4-11H,12H2,1-3H3,(H,26,27,28)(H,29,30,31). The molecule has 0 fully saturated rings. The molecule has 0 aliphatic carbocycles. The number of hydrogen-bond donors (Lipinski definition) is 2. The summed E-state index contributed by atoms with van der Waals surface area (Å²) in [5, 5.41) is 0.334. The summed E-state index contributed by atoms with van der Waals surface area (Å²) in [5.41, 5.74) is 2.24. The highest BCUT2D eigenvalue weighted by Crippen LogP contribution is 2.47. The molecule has 178 valence electrons. The minimum absolute atomic E-state index is 0.103. The van der Waals surface area contributed by atoms with Crippen molar-refractivity contribution in [1.82, 2.24) is 0 Å². The maximum absolute atomic E-state index is 12.1. The second-order valence-electron chi connectivity index (χ2n) is 8.32. The number of benzene rings is 3. The lowest BCUT2D eigenvalue weighted by Gasteiger charge is -2.28. The number of esters is 1. The SMILES string of the molecule is COC(=O)c1ccc(CC2(C)C(C)=Nc3ccc4c(S(=O)(=O)O)cc(S(=O)(=O)O)cc4c32)cc1. The van der Waals surface area contributed by atoms with Gasteiger partial charge in [-0.25, -0.2) is 4.79 Å². The molecule has 4 rings (SSSR count). The van der Waals surface area contributed by atoms with Gasteiger partial charge in [-0.15, -0.1) is 0 Å². The van der Waals surface area contributed by atoms with E-state index in [1.807, 2.05) is 13.8 Å². The van der Waals surface area contributed by atoms with Gasteiger partial charge in [-0.1, -0.05) is 18.2 Å². The number of rotatable bonds is 5. The fraction of sp³-hybridized carbons (Fsp3) is 0.217. The highest BCUT2D eigenvalue weighted by Gasteiger charge is 2.39. The number of aliphatic imine (C=N–C) groups is 1. The second-order valence-corrected chi connectivity index (χ2v) is 11.1. The summed E-state index contributed by atoms with van der Waals surface area (Å²) in [6.07, 6.45) is 0.396. The number of nitrogens with zero attached hydrogens (tertiary/aromatic N) is 1. The van der Waals surface area contributed by atoms with Gasteiger partial charge >= 0.3 is 5.97 Å². The lowest BCUT2D eigenvalue weighted by molar-refractivity contribution is 0.0600. The van der Waals surface area contributed by atoms with Crippen molar-refractivity contribution in [3.63, 3.8) is 0 Å². The molecule has 34 heavy (non-hydrogen) atoms. The molecule has 0 aromatic heterocycles. The number of hydrogen-bond acceptors (Lipinski definition) is 7. The smallest absolute Gasteiger partial charge is 0.337 e. The minimum atomic E-state index is -4.81. The summed E-state index contributed by atoms with van der Waals surface area (Å²) in [4.78, 5) is 15.1. The normalized spacial score (nSPS) is 18.0. The van der Waals surface area contributed by atoms with Crippen LogP contribution in [0.3, 0.4) is 0 Å². The molecule has 1 unspecified atom stereocenters. The molecule has 3 aromatic carbocycles. The Kier molecular flexibility index (Phi) is 5.64. The van der Waals surface area contributed by atoms with E-state index in [0.29, 0.717) is 28.9 Å². The predicted octanol–water partition coefficient (Wildman–Crippen LogP) is 3.73. The Balaban J connectivity index is 1.96. The molecule has 0 bridgehead atoms. The van der Waals surface area contributed by atoms with Crippen molar-refractivity contribution >= 4 is 48.4 Å². The van der Waals surface area contributed by atoms with E-state index in [-0.39, 0.29) is 10.8 Å². The van der Waals surface area contributed by atoms with Crippen molar-refractivity contribution in [2.24, 2.45) is 4.99 Å². The minimum Gasteiger partial charge on any atom is -0.465 e. The molecule has 0 saturated carbocycles. The Labute approximate surface area is 196 Å². The zero-order valence-corrected chi connectivity index (χ0v) is 20.1. The maximum atomic E-state index is 12.1. The Morgan fingerprint density at radius 2 is 1.62 bits per heavy atom. The fourth-order valence-electron chi connectivity index (χ4n) is 4.39. The third-order valence-corrected chi connectivity index (χ3v) is 7.92. The molecule has 0 amide bonds. The van der Waals surface area contributed by atoms with E-state index in [2.05, 4.69) is 4.99 Å². The molecule has 0 radical (unpaired) electrons. The van der Waals surface area contributed by atoms with Gasteiger partial charge in [0.2, 0.25) is 0 Å². The first-order chi connectivity index (χ1) is 15.8. The summed E-state index contributed by atoms with van der Waals surface area (Å²) in [7, 11) is -8.30. The molecule has 3 aromatic rings. The second kappa shape index (κ2) is 7.98. The molecule has 1 aliphatic rings. The molecule has 2 N–H and O–H groups in total. The van der Waals surface area contributed by atoms with Crippen LogP contribution in [0.5, 0.6) is 0 Å². The van der Waals surface area contributed by atoms with Crippen molar-refractivity contribution < 1.29 is 35.5 Å². The van der Waals surface area contributed by atoms with Crippen LogP contribution < -0.4 is 0 Å². The van der Waals surface area contributed by atoms with Crippen LogP contribution in [0, 0.1) is 0 Å². The van der Waals surface area contributed by atoms with Crippen molar-refractivity contribution in [2.45, 2.75) is 35.5 Å². The average molecular weight is 504 g/mol. The third kappa shape index (κ3) is 4.00. The summed E-state index contributed by atoms with van der Waals surface area (Å²) in [5.74, 6) is -0.469. The van der Waals surface area contributed by atoms with Gasteiger partial charge in [0.1, 0.15) is 4.90 Å². The zero-order valence-electron chi connectivity index (χ0n) is 18.4. The van der Waals surface area contributed by atoms with Crippen LogP contribution in [-0.4, -0.2) is 44.7 Å². The van der Waals surface area contributed by atoms with Crippen molar-refractivity contribution in [2.75, 3.05) is 7.11 Å². The van der Waals surface area contributed by atoms with Crippen LogP contribution in [0.25, 0.3) is 10.8 Å². The van der Waals surface area contributed by atoms with Gasteiger partial charge in [0, 0.05) is 16.5 Å². The molecule has 1 atom stereocenters. The summed E-state index contributed by atoms with van der Waals surface area (Å²) >= 11 is 0. The van der Waals surface area contributed by atoms with Crippen molar-refractivity contribution in [1.29, 1.82) is 0 Å². The Morgan fingerprint density at radius 3 is 2.18 bits per heavy atom. The summed E-state index contributed by atoms with van der Waals surface area (Å²) < 4.78 is 72.0. The van der Waals surface area contributed by atoms with Crippen molar-refractivity contribution in [3.05, 3.63) is 65.2 Å². The lowest BCUT2D eigenvalue weighted by Crippen LogP contribution is -2.30. The third-order valence-electron chi connectivity index (χ3n) is 6.20. The molecule has 0 spiro atoms. The van der Waals surface area contributed by atoms with E-state index < -0.39 is 41.4 Å². The number of methoxy groups -OCH3 is 1. The molecular weight excluding hydrogens is 482 g/mol. The quantitative estimate of drug-likeness (QED) is 0.395. The maximum Gasteiger partial charge on any atom is 0.337 e. The lowest BCUT2D eigenvalue weighted by atomic mass is 9.73. The Morgan fingerprint density at radius 1 is 0.971 bits per heavy atom. The first-order valence-corrected chi connectivity index (χ1v) is 12.9. The van der Waals surface area contributed by atoms with Crippen LogP contribution in [0.2, 0.25) is 0 Å². The van der Waals surface area contributed by atoms with Crippen LogP contribution >= 0.6 is 0 Å². The van der Waals surface area contributed by atoms with Gasteiger partial charge in [0.25, 0.3) is 20.2 Å². The molecule has 9 nitrogen and oxygen atoms in total. The van der Waals surface area contributed by atoms with E-state index >= 15 is 0 Å². The summed E-state index contributed by atoms with van der Waals surface area (Å²) in [6, 6.07) is 11.7. The van der Waals surface area contributed by atoms with E-state index in [0.717, 1.165) is 11.6 Å². The highest BCUT2D eigenvalue weighted by molar-refractivity contribution is 7.86. The van der Waals surface area contributed by atoms with Crippen LogP contribution in [0.4, 0.5) is 5.69 Å². The van der Waals surface area contributed by atoms with E-state index in [4.69, 9.17) is 4.74 Å². The topological polar surface area (TPSA) is 147 Å². The Bertz CT molecular complexity index is 1590. The number of carbonyl (C=O) groups excluding carboxylic acids is 1. The van der Waals surface area contributed by atoms with E-state index in [1.165, 1.54) is 19.2 Å².